The van der Waals surface area contributed by atoms with Gasteiger partial charge in [-0.15, -0.1) is 0 Å². The van der Waals surface area contributed by atoms with Crippen LogP contribution in [0.1, 0.15) is 41.6 Å². The Morgan fingerprint density at radius 1 is 1.45 bits per heavy atom. The molecule has 0 spiro atoms. The van der Waals surface area contributed by atoms with Crippen LogP contribution in [0.3, 0.4) is 0 Å². The molecule has 8 nitrogen and oxygen atoms in total. The zero-order valence-electron chi connectivity index (χ0n) is 12.8. The fraction of sp³-hybridized carbons (Fsp3) is 0.429. The Balaban J connectivity index is 2.03. The average Bonchev–Trinajstić information content (AvgIpc) is 3.10. The molecule has 2 N–H and O–H groups in total. The Morgan fingerprint density at radius 2 is 2.18 bits per heavy atom. The zero-order valence-corrected chi connectivity index (χ0v) is 12.8. The number of carbonyl (C=O) groups is 2. The fourth-order valence-corrected chi connectivity index (χ4v) is 2.13. The standard InChI is InChI=1S/C14H19N5O3/c1-4-18-8-11(9(2)17-18)7-15-13(20)10(3)19-12(14(21)22)5-6-16-19/h5-6,8,10H,4,7H2,1-3H3,(H,15,20)(H,21,22). The minimum Gasteiger partial charge on any atom is -0.477 e. The third-order valence-corrected chi connectivity index (χ3v) is 3.46. The Morgan fingerprint density at radius 3 is 2.77 bits per heavy atom. The second-order valence-electron chi connectivity index (χ2n) is 4.96. The second kappa shape index (κ2) is 6.42. The van der Waals surface area contributed by atoms with Crippen LogP contribution in [0.5, 0.6) is 0 Å². The Bertz CT molecular complexity index is 688. The minimum atomic E-state index is -1.11. The molecule has 1 amide bonds. The molecule has 118 valence electrons. The van der Waals surface area contributed by atoms with Crippen LogP contribution in [0.25, 0.3) is 0 Å². The summed E-state index contributed by atoms with van der Waals surface area (Å²) in [5.41, 5.74) is 1.78. The van der Waals surface area contributed by atoms with Crippen LogP contribution in [0.15, 0.2) is 18.5 Å². The van der Waals surface area contributed by atoms with Crippen molar-refractivity contribution in [2.75, 3.05) is 0 Å². The molecule has 1 unspecified atom stereocenters. The van der Waals surface area contributed by atoms with E-state index in [2.05, 4.69) is 15.5 Å². The highest BCUT2D eigenvalue weighted by Gasteiger charge is 2.21. The van der Waals surface area contributed by atoms with E-state index in [4.69, 9.17) is 5.11 Å². The third kappa shape index (κ3) is 3.16. The Labute approximate surface area is 127 Å². The van der Waals surface area contributed by atoms with Crippen molar-refractivity contribution in [2.24, 2.45) is 0 Å². The molecule has 0 bridgehead atoms. The molecule has 0 aromatic carbocycles. The van der Waals surface area contributed by atoms with Gasteiger partial charge in [-0.05, 0) is 26.8 Å². The molecule has 0 fully saturated rings. The molecule has 2 rings (SSSR count). The molecule has 0 radical (unpaired) electrons. The van der Waals surface area contributed by atoms with Crippen LogP contribution in [-0.4, -0.2) is 36.5 Å². The molecule has 0 saturated heterocycles. The van der Waals surface area contributed by atoms with Gasteiger partial charge in [0.15, 0.2) is 0 Å². The number of nitrogens with zero attached hydrogens (tertiary/aromatic N) is 4. The molecule has 2 aromatic heterocycles. The van der Waals surface area contributed by atoms with Crippen molar-refractivity contribution in [1.82, 2.24) is 24.9 Å². The molecule has 2 heterocycles. The third-order valence-electron chi connectivity index (χ3n) is 3.46. The van der Waals surface area contributed by atoms with Crippen LogP contribution < -0.4 is 5.32 Å². The number of amides is 1. The number of hydrogen-bond donors (Lipinski definition) is 2. The van der Waals surface area contributed by atoms with Gasteiger partial charge < -0.3 is 10.4 Å². The lowest BCUT2D eigenvalue weighted by molar-refractivity contribution is -0.124. The van der Waals surface area contributed by atoms with E-state index in [1.807, 2.05) is 20.0 Å². The van der Waals surface area contributed by atoms with E-state index in [1.54, 1.807) is 11.6 Å². The normalized spacial score (nSPS) is 12.1. The highest BCUT2D eigenvalue weighted by atomic mass is 16.4. The van der Waals surface area contributed by atoms with Crippen molar-refractivity contribution < 1.29 is 14.7 Å². The van der Waals surface area contributed by atoms with Crippen molar-refractivity contribution in [1.29, 1.82) is 0 Å². The second-order valence-corrected chi connectivity index (χ2v) is 4.96. The fourth-order valence-electron chi connectivity index (χ4n) is 2.13. The summed E-state index contributed by atoms with van der Waals surface area (Å²) in [7, 11) is 0. The lowest BCUT2D eigenvalue weighted by Gasteiger charge is -2.14. The number of aromatic carboxylic acids is 1. The first kappa shape index (κ1) is 15.7. The number of carboxylic acids is 1. The predicted molar refractivity (Wildman–Crippen MR) is 78.4 cm³/mol. The van der Waals surface area contributed by atoms with Crippen molar-refractivity contribution in [3.63, 3.8) is 0 Å². The molecular formula is C14H19N5O3. The van der Waals surface area contributed by atoms with Crippen LogP contribution in [0, 0.1) is 6.92 Å². The lowest BCUT2D eigenvalue weighted by atomic mass is 10.2. The number of carboxylic acid groups (broad SMARTS) is 1. The SMILES string of the molecule is CCn1cc(CNC(=O)C(C)n2nccc2C(=O)O)c(C)n1. The number of rotatable bonds is 6. The van der Waals surface area contributed by atoms with Gasteiger partial charge in [-0.2, -0.15) is 10.2 Å². The van der Waals surface area contributed by atoms with E-state index in [-0.39, 0.29) is 11.6 Å². The van der Waals surface area contributed by atoms with Crippen molar-refractivity contribution in [2.45, 2.75) is 39.9 Å². The molecule has 0 saturated carbocycles. The van der Waals surface area contributed by atoms with E-state index >= 15 is 0 Å². The van der Waals surface area contributed by atoms with E-state index in [1.165, 1.54) is 16.9 Å². The van der Waals surface area contributed by atoms with Crippen LogP contribution in [0.2, 0.25) is 0 Å². The number of hydrogen-bond acceptors (Lipinski definition) is 4. The minimum absolute atomic E-state index is 0.0161. The topological polar surface area (TPSA) is 102 Å². The van der Waals surface area contributed by atoms with Crippen molar-refractivity contribution >= 4 is 11.9 Å². The van der Waals surface area contributed by atoms with Gasteiger partial charge in [-0.3, -0.25) is 9.48 Å². The summed E-state index contributed by atoms with van der Waals surface area (Å²) in [5.74, 6) is -1.41. The molecule has 0 aliphatic carbocycles. The van der Waals surface area contributed by atoms with Crippen molar-refractivity contribution in [3.05, 3.63) is 35.4 Å². The lowest BCUT2D eigenvalue weighted by Crippen LogP contribution is -2.32. The number of aromatic nitrogens is 4. The summed E-state index contributed by atoms with van der Waals surface area (Å²) >= 11 is 0. The first-order valence-electron chi connectivity index (χ1n) is 7.01. The van der Waals surface area contributed by atoms with Gasteiger partial charge in [0.05, 0.1) is 5.69 Å². The maximum absolute atomic E-state index is 12.2. The maximum Gasteiger partial charge on any atom is 0.354 e. The van der Waals surface area contributed by atoms with Gasteiger partial charge in [0, 0.05) is 31.0 Å². The van der Waals surface area contributed by atoms with Gasteiger partial charge in [-0.1, -0.05) is 0 Å². The average molecular weight is 305 g/mol. The Hall–Kier alpha value is -2.64. The van der Waals surface area contributed by atoms with E-state index < -0.39 is 12.0 Å². The number of aryl methyl sites for hydroxylation is 2. The van der Waals surface area contributed by atoms with Crippen LogP contribution in [-0.2, 0) is 17.9 Å². The quantitative estimate of drug-likeness (QED) is 0.828. The molecule has 22 heavy (non-hydrogen) atoms. The highest BCUT2D eigenvalue weighted by Crippen LogP contribution is 2.11. The zero-order chi connectivity index (χ0) is 16.3. The Kier molecular flexibility index (Phi) is 4.59. The van der Waals surface area contributed by atoms with Gasteiger partial charge >= 0.3 is 5.97 Å². The van der Waals surface area contributed by atoms with Gasteiger partial charge in [0.2, 0.25) is 5.91 Å². The summed E-state index contributed by atoms with van der Waals surface area (Å²) < 4.78 is 3.00. The monoisotopic (exact) mass is 305 g/mol. The molecule has 1 atom stereocenters. The summed E-state index contributed by atoms with van der Waals surface area (Å²) in [6.45, 7) is 6.59. The van der Waals surface area contributed by atoms with Gasteiger partial charge in [-0.25, -0.2) is 9.48 Å². The summed E-state index contributed by atoms with van der Waals surface area (Å²) in [6, 6.07) is 0.657. The molecule has 0 aliphatic heterocycles. The first-order chi connectivity index (χ1) is 10.4. The number of carbonyl (C=O) groups excluding carboxylic acids is 1. The summed E-state index contributed by atoms with van der Waals surface area (Å²) in [4.78, 5) is 23.3. The van der Waals surface area contributed by atoms with Gasteiger partial charge in [0.25, 0.3) is 0 Å². The molecule has 0 aliphatic rings. The maximum atomic E-state index is 12.2. The summed E-state index contributed by atoms with van der Waals surface area (Å²) in [5, 5.41) is 20.1. The van der Waals surface area contributed by atoms with E-state index in [0.29, 0.717) is 6.54 Å². The number of nitrogens with one attached hydrogen (secondary N) is 1. The predicted octanol–water partition coefficient (Wildman–Crippen LogP) is 0.984. The van der Waals surface area contributed by atoms with Crippen molar-refractivity contribution in [3.8, 4) is 0 Å². The van der Waals surface area contributed by atoms with E-state index in [9.17, 15) is 9.59 Å². The van der Waals surface area contributed by atoms with E-state index in [0.717, 1.165) is 17.8 Å². The molecule has 8 heteroatoms. The molecule has 2 aromatic rings. The largest absolute Gasteiger partial charge is 0.477 e. The first-order valence-corrected chi connectivity index (χ1v) is 7.01. The smallest absolute Gasteiger partial charge is 0.354 e. The van der Waals surface area contributed by atoms with Crippen LogP contribution in [0.4, 0.5) is 0 Å². The van der Waals surface area contributed by atoms with Gasteiger partial charge in [0.1, 0.15) is 11.7 Å². The highest BCUT2D eigenvalue weighted by molar-refractivity contribution is 5.87. The van der Waals surface area contributed by atoms with Crippen LogP contribution >= 0.6 is 0 Å². The molecular weight excluding hydrogens is 286 g/mol. The summed E-state index contributed by atoms with van der Waals surface area (Å²) in [6.07, 6.45) is 3.25.